The third kappa shape index (κ3) is 5.06. The number of halogens is 1. The summed E-state index contributed by atoms with van der Waals surface area (Å²) >= 11 is 6.11. The first-order valence-corrected chi connectivity index (χ1v) is 10.8. The summed E-state index contributed by atoms with van der Waals surface area (Å²) in [5, 5.41) is 19.2. The Labute approximate surface area is 197 Å². The molecule has 0 aliphatic carbocycles. The van der Waals surface area contributed by atoms with Gasteiger partial charge >= 0.3 is 5.97 Å². The van der Waals surface area contributed by atoms with Crippen molar-refractivity contribution in [3.8, 4) is 23.3 Å². The highest BCUT2D eigenvalue weighted by Gasteiger charge is 2.23. The Morgan fingerprint density at radius 3 is 2.48 bits per heavy atom. The van der Waals surface area contributed by atoms with Crippen molar-refractivity contribution in [3.63, 3.8) is 0 Å². The van der Waals surface area contributed by atoms with Gasteiger partial charge in [0.05, 0.1) is 41.7 Å². The molecule has 0 saturated heterocycles. The lowest BCUT2D eigenvalue weighted by atomic mass is 10.00. The largest absolute Gasteiger partial charge is 0.462 e. The monoisotopic (exact) mass is 462 g/mol. The highest BCUT2D eigenvalue weighted by atomic mass is 35.5. The smallest absolute Gasteiger partial charge is 0.341 e. The van der Waals surface area contributed by atoms with Crippen LogP contribution in [0.25, 0.3) is 11.1 Å². The topological polar surface area (TPSA) is 101 Å². The van der Waals surface area contributed by atoms with Gasteiger partial charge in [0.1, 0.15) is 11.2 Å². The van der Waals surface area contributed by atoms with Crippen molar-refractivity contribution >= 4 is 17.6 Å². The van der Waals surface area contributed by atoms with Crippen molar-refractivity contribution in [1.82, 2.24) is 9.55 Å². The Hall–Kier alpha value is -3.65. The van der Waals surface area contributed by atoms with Crippen LogP contribution in [-0.2, 0) is 22.6 Å². The minimum Gasteiger partial charge on any atom is -0.462 e. The number of nitrogens with zero attached hydrogens (tertiary/aromatic N) is 4. The number of hydrogen-bond donors (Lipinski definition) is 0. The Morgan fingerprint density at radius 2 is 1.88 bits per heavy atom. The maximum atomic E-state index is 12.2. The summed E-state index contributed by atoms with van der Waals surface area (Å²) < 4.78 is 12.7. The third-order valence-corrected chi connectivity index (χ3v) is 5.52. The van der Waals surface area contributed by atoms with E-state index in [1.165, 1.54) is 0 Å². The molecule has 1 aromatic carbocycles. The van der Waals surface area contributed by atoms with E-state index in [9.17, 15) is 10.1 Å². The van der Waals surface area contributed by atoms with Gasteiger partial charge < -0.3 is 14.0 Å². The second kappa shape index (κ2) is 10.8. The number of rotatable bonds is 8. The molecule has 3 aromatic rings. The van der Waals surface area contributed by atoms with E-state index >= 15 is 0 Å². The molecule has 3 rings (SSSR count). The molecule has 0 fully saturated rings. The van der Waals surface area contributed by atoms with Gasteiger partial charge in [-0.2, -0.15) is 10.5 Å². The van der Waals surface area contributed by atoms with E-state index in [1.54, 1.807) is 31.3 Å². The van der Waals surface area contributed by atoms with Crippen molar-refractivity contribution in [2.45, 2.75) is 33.9 Å². The van der Waals surface area contributed by atoms with E-state index in [0.717, 1.165) is 28.1 Å². The molecular weight excluding hydrogens is 440 g/mol. The van der Waals surface area contributed by atoms with Crippen LogP contribution in [0.1, 0.15) is 52.3 Å². The SMILES string of the molecule is CCOCc1c(C#N)c(-c2ccc(C#N)cc2)c(C)n1Cc1cnc(Cl)c(C(=O)OCC)c1. The number of aromatic nitrogens is 2. The molecule has 0 N–H and O–H groups in total. The van der Waals surface area contributed by atoms with Gasteiger partial charge in [-0.3, -0.25) is 0 Å². The quantitative estimate of drug-likeness (QED) is 0.344. The second-order valence-electron chi connectivity index (χ2n) is 7.21. The molecule has 0 amide bonds. The molecule has 2 aromatic heterocycles. The normalized spacial score (nSPS) is 10.5. The molecule has 2 heterocycles. The van der Waals surface area contributed by atoms with Crippen LogP contribution in [0.2, 0.25) is 5.15 Å². The summed E-state index contributed by atoms with van der Waals surface area (Å²) in [6.07, 6.45) is 1.60. The molecule has 0 bridgehead atoms. The Morgan fingerprint density at radius 1 is 1.15 bits per heavy atom. The first-order valence-electron chi connectivity index (χ1n) is 10.5. The van der Waals surface area contributed by atoms with Crippen molar-refractivity contribution in [2.75, 3.05) is 13.2 Å². The number of esters is 1. The van der Waals surface area contributed by atoms with Crippen LogP contribution < -0.4 is 0 Å². The highest BCUT2D eigenvalue weighted by molar-refractivity contribution is 6.32. The zero-order chi connectivity index (χ0) is 24.0. The Bertz CT molecular complexity index is 1250. The molecule has 0 atom stereocenters. The lowest BCUT2D eigenvalue weighted by Crippen LogP contribution is -2.11. The molecule has 7 nitrogen and oxygen atoms in total. The first kappa shape index (κ1) is 24.0. The number of ether oxygens (including phenoxy) is 2. The summed E-state index contributed by atoms with van der Waals surface area (Å²) in [5.74, 6) is -0.536. The van der Waals surface area contributed by atoms with E-state index < -0.39 is 5.97 Å². The molecule has 0 aliphatic heterocycles. The van der Waals surface area contributed by atoms with Gasteiger partial charge in [-0.1, -0.05) is 23.7 Å². The molecule has 0 radical (unpaired) electrons. The molecular formula is C25H23ClN4O3. The fourth-order valence-corrected chi connectivity index (χ4v) is 3.84. The summed E-state index contributed by atoms with van der Waals surface area (Å²) in [4.78, 5) is 16.4. The minimum absolute atomic E-state index is 0.0759. The van der Waals surface area contributed by atoms with E-state index in [2.05, 4.69) is 17.1 Å². The lowest BCUT2D eigenvalue weighted by molar-refractivity contribution is 0.0526. The standard InChI is InChI=1S/C25H23ClN4O3/c1-4-32-15-22-21(12-28)23(19-8-6-17(11-27)7-9-19)16(3)30(22)14-18-10-20(24(26)29-13-18)25(31)33-5-2/h6-10,13H,4-5,14-15H2,1-3H3. The van der Waals surface area contributed by atoms with Crippen LogP contribution in [0.4, 0.5) is 0 Å². The van der Waals surface area contributed by atoms with Gasteiger partial charge in [0.25, 0.3) is 0 Å². The predicted molar refractivity (Wildman–Crippen MR) is 124 cm³/mol. The number of nitriles is 2. The predicted octanol–water partition coefficient (Wildman–Crippen LogP) is 5.02. The third-order valence-electron chi connectivity index (χ3n) is 5.22. The molecule has 0 unspecified atom stereocenters. The summed E-state index contributed by atoms with van der Waals surface area (Å²) in [6, 6.07) is 13.2. The maximum absolute atomic E-state index is 12.2. The fourth-order valence-electron chi connectivity index (χ4n) is 3.66. The maximum Gasteiger partial charge on any atom is 0.341 e. The molecule has 0 saturated carbocycles. The van der Waals surface area contributed by atoms with E-state index in [4.69, 9.17) is 26.3 Å². The summed E-state index contributed by atoms with van der Waals surface area (Å²) in [7, 11) is 0. The molecule has 8 heteroatoms. The number of carbonyl (C=O) groups is 1. The first-order chi connectivity index (χ1) is 15.9. The van der Waals surface area contributed by atoms with Crippen molar-refractivity contribution in [1.29, 1.82) is 10.5 Å². The van der Waals surface area contributed by atoms with Gasteiger partial charge in [0.2, 0.25) is 0 Å². The minimum atomic E-state index is -0.536. The van der Waals surface area contributed by atoms with Gasteiger partial charge in [0.15, 0.2) is 0 Å². The van der Waals surface area contributed by atoms with Crippen LogP contribution in [0.3, 0.4) is 0 Å². The number of hydrogen-bond acceptors (Lipinski definition) is 6. The average Bonchev–Trinajstić information content (AvgIpc) is 3.09. The van der Waals surface area contributed by atoms with Crippen molar-refractivity contribution < 1.29 is 14.3 Å². The van der Waals surface area contributed by atoms with Crippen LogP contribution in [0.5, 0.6) is 0 Å². The van der Waals surface area contributed by atoms with Crippen LogP contribution in [0, 0.1) is 29.6 Å². The zero-order valence-corrected chi connectivity index (χ0v) is 19.4. The fraction of sp³-hybridized carbons (Fsp3) is 0.280. The summed E-state index contributed by atoms with van der Waals surface area (Å²) in [5.41, 5.74) is 5.18. The van der Waals surface area contributed by atoms with E-state index in [0.29, 0.717) is 24.3 Å². The zero-order valence-electron chi connectivity index (χ0n) is 18.7. The van der Waals surface area contributed by atoms with Crippen molar-refractivity contribution in [3.05, 3.63) is 75.3 Å². The molecule has 0 aliphatic rings. The van der Waals surface area contributed by atoms with Crippen LogP contribution in [-0.4, -0.2) is 28.7 Å². The molecule has 168 valence electrons. The lowest BCUT2D eigenvalue weighted by Gasteiger charge is -2.13. The Kier molecular flexibility index (Phi) is 7.84. The highest BCUT2D eigenvalue weighted by Crippen LogP contribution is 2.33. The Balaban J connectivity index is 2.12. The number of carbonyl (C=O) groups excluding carboxylic acids is 1. The van der Waals surface area contributed by atoms with Gasteiger partial charge in [-0.15, -0.1) is 0 Å². The molecule has 33 heavy (non-hydrogen) atoms. The van der Waals surface area contributed by atoms with Gasteiger partial charge in [-0.05, 0) is 50.1 Å². The van der Waals surface area contributed by atoms with Gasteiger partial charge in [0, 0.05) is 30.6 Å². The van der Waals surface area contributed by atoms with Crippen molar-refractivity contribution in [2.24, 2.45) is 0 Å². The van der Waals surface area contributed by atoms with E-state index in [-0.39, 0.29) is 23.9 Å². The number of pyridine rings is 1. The van der Waals surface area contributed by atoms with Crippen LogP contribution >= 0.6 is 11.6 Å². The summed E-state index contributed by atoms with van der Waals surface area (Å²) in [6.45, 7) is 6.88. The van der Waals surface area contributed by atoms with Crippen LogP contribution in [0.15, 0.2) is 36.5 Å². The average molecular weight is 463 g/mol. The van der Waals surface area contributed by atoms with E-state index in [1.807, 2.05) is 30.5 Å². The molecule has 0 spiro atoms. The second-order valence-corrected chi connectivity index (χ2v) is 7.57. The number of benzene rings is 1. The van der Waals surface area contributed by atoms with Gasteiger partial charge in [-0.25, -0.2) is 9.78 Å².